The first kappa shape index (κ1) is 13.9. The molecule has 0 amide bonds. The summed E-state index contributed by atoms with van der Waals surface area (Å²) < 4.78 is 0. The summed E-state index contributed by atoms with van der Waals surface area (Å²) in [5, 5.41) is 3.77. The van der Waals surface area contributed by atoms with Gasteiger partial charge in [0.1, 0.15) is 0 Å². The average molecular weight is 266 g/mol. The summed E-state index contributed by atoms with van der Waals surface area (Å²) in [7, 11) is 0. The Morgan fingerprint density at radius 1 is 1.22 bits per heavy atom. The predicted molar refractivity (Wildman–Crippen MR) is 79.2 cm³/mol. The fourth-order valence-corrected chi connectivity index (χ4v) is 2.46. The van der Waals surface area contributed by atoms with E-state index in [2.05, 4.69) is 50.4 Å². The first-order chi connectivity index (χ1) is 8.47. The van der Waals surface area contributed by atoms with Crippen molar-refractivity contribution >= 4 is 11.6 Å². The van der Waals surface area contributed by atoms with Crippen LogP contribution in [0.3, 0.4) is 0 Å². The van der Waals surface area contributed by atoms with Crippen molar-refractivity contribution in [1.29, 1.82) is 0 Å². The molecule has 1 unspecified atom stereocenters. The summed E-state index contributed by atoms with van der Waals surface area (Å²) in [6.45, 7) is 8.57. The molecule has 1 aromatic carbocycles. The van der Waals surface area contributed by atoms with E-state index in [4.69, 9.17) is 11.6 Å². The molecule has 0 aliphatic heterocycles. The Hall–Kier alpha value is -0.530. The zero-order valence-corrected chi connectivity index (χ0v) is 12.4. The molecule has 2 heteroatoms. The predicted octanol–water partition coefficient (Wildman–Crippen LogP) is 4.09. The van der Waals surface area contributed by atoms with Gasteiger partial charge in [0.05, 0.1) is 0 Å². The third kappa shape index (κ3) is 4.00. The molecule has 2 rings (SSSR count). The molecular weight excluding hydrogens is 242 g/mol. The summed E-state index contributed by atoms with van der Waals surface area (Å²) >= 11 is 6.27. The normalized spacial score (nSPS) is 17.8. The highest BCUT2D eigenvalue weighted by Gasteiger charge is 2.29. The number of alkyl halides is 1. The van der Waals surface area contributed by atoms with E-state index in [1.807, 2.05) is 0 Å². The molecule has 0 bridgehead atoms. The summed E-state index contributed by atoms with van der Waals surface area (Å²) in [4.78, 5) is 0. The number of benzene rings is 1. The Balaban J connectivity index is 1.79. The van der Waals surface area contributed by atoms with Gasteiger partial charge in [-0.25, -0.2) is 0 Å². The first-order valence-electron chi connectivity index (χ1n) is 6.91. The SMILES string of the molecule is CC(C)(C)c1ccc(CNCC(Cl)C2CC2)cc1. The van der Waals surface area contributed by atoms with Gasteiger partial charge in [0, 0.05) is 18.5 Å². The van der Waals surface area contributed by atoms with Gasteiger partial charge in [0.15, 0.2) is 0 Å². The second-order valence-corrected chi connectivity index (χ2v) is 6.99. The Bertz CT molecular complexity index is 373. The van der Waals surface area contributed by atoms with Crippen LogP contribution >= 0.6 is 11.6 Å². The molecule has 1 fully saturated rings. The highest BCUT2D eigenvalue weighted by Crippen LogP contribution is 2.35. The lowest BCUT2D eigenvalue weighted by atomic mass is 9.87. The van der Waals surface area contributed by atoms with Gasteiger partial charge in [-0.3, -0.25) is 0 Å². The van der Waals surface area contributed by atoms with E-state index in [0.29, 0.717) is 5.38 Å². The van der Waals surface area contributed by atoms with Crippen molar-refractivity contribution < 1.29 is 0 Å². The lowest BCUT2D eigenvalue weighted by molar-refractivity contribution is 0.588. The van der Waals surface area contributed by atoms with Gasteiger partial charge in [-0.2, -0.15) is 0 Å². The quantitative estimate of drug-likeness (QED) is 0.791. The van der Waals surface area contributed by atoms with E-state index in [1.54, 1.807) is 0 Å². The monoisotopic (exact) mass is 265 g/mol. The van der Waals surface area contributed by atoms with Crippen molar-refractivity contribution in [2.75, 3.05) is 6.54 Å². The Morgan fingerprint density at radius 2 is 1.83 bits per heavy atom. The van der Waals surface area contributed by atoms with E-state index in [1.165, 1.54) is 24.0 Å². The molecular formula is C16H24ClN. The molecule has 0 saturated heterocycles. The van der Waals surface area contributed by atoms with Gasteiger partial charge in [0.2, 0.25) is 0 Å². The highest BCUT2D eigenvalue weighted by molar-refractivity contribution is 6.21. The van der Waals surface area contributed by atoms with Crippen LogP contribution in [-0.2, 0) is 12.0 Å². The molecule has 1 aromatic rings. The largest absolute Gasteiger partial charge is 0.311 e. The van der Waals surface area contributed by atoms with Gasteiger partial charge in [0.25, 0.3) is 0 Å². The van der Waals surface area contributed by atoms with Crippen molar-refractivity contribution in [2.24, 2.45) is 5.92 Å². The highest BCUT2D eigenvalue weighted by atomic mass is 35.5. The molecule has 0 aromatic heterocycles. The van der Waals surface area contributed by atoms with Crippen LogP contribution in [0.5, 0.6) is 0 Å². The van der Waals surface area contributed by atoms with Crippen molar-refractivity contribution in [2.45, 2.75) is 50.9 Å². The molecule has 0 spiro atoms. The molecule has 1 aliphatic carbocycles. The minimum atomic E-state index is 0.235. The molecule has 1 saturated carbocycles. The topological polar surface area (TPSA) is 12.0 Å². The van der Waals surface area contributed by atoms with Gasteiger partial charge in [-0.1, -0.05) is 45.0 Å². The maximum absolute atomic E-state index is 6.27. The summed E-state index contributed by atoms with van der Waals surface area (Å²) in [6.07, 6.45) is 2.63. The summed E-state index contributed by atoms with van der Waals surface area (Å²) in [6, 6.07) is 8.90. The zero-order chi connectivity index (χ0) is 13.2. The second-order valence-electron chi connectivity index (χ2n) is 6.43. The number of hydrogen-bond acceptors (Lipinski definition) is 1. The maximum Gasteiger partial charge on any atom is 0.0488 e. The number of rotatable bonds is 5. The van der Waals surface area contributed by atoms with E-state index in [0.717, 1.165) is 19.0 Å². The smallest absolute Gasteiger partial charge is 0.0488 e. The van der Waals surface area contributed by atoms with Crippen molar-refractivity contribution in [1.82, 2.24) is 5.32 Å². The fraction of sp³-hybridized carbons (Fsp3) is 0.625. The van der Waals surface area contributed by atoms with Crippen LogP contribution < -0.4 is 5.32 Å². The average Bonchev–Trinajstić information content (AvgIpc) is 3.12. The van der Waals surface area contributed by atoms with Gasteiger partial charge in [-0.05, 0) is 35.3 Å². The molecule has 1 aliphatic rings. The third-order valence-corrected chi connectivity index (χ3v) is 4.13. The molecule has 1 atom stereocenters. The van der Waals surface area contributed by atoms with Gasteiger partial charge >= 0.3 is 0 Å². The van der Waals surface area contributed by atoms with Crippen LogP contribution in [0.15, 0.2) is 24.3 Å². The number of halogens is 1. The first-order valence-corrected chi connectivity index (χ1v) is 7.34. The van der Waals surface area contributed by atoms with Gasteiger partial charge < -0.3 is 5.32 Å². The maximum atomic E-state index is 6.27. The van der Waals surface area contributed by atoms with Crippen LogP contribution in [0.4, 0.5) is 0 Å². The molecule has 0 heterocycles. The van der Waals surface area contributed by atoms with Crippen LogP contribution in [0.2, 0.25) is 0 Å². The molecule has 1 nitrogen and oxygen atoms in total. The second kappa shape index (κ2) is 5.63. The molecule has 100 valence electrons. The Kier molecular flexibility index (Phi) is 4.34. The molecule has 0 radical (unpaired) electrons. The fourth-order valence-electron chi connectivity index (χ4n) is 2.10. The standard InChI is InChI=1S/C16H24ClN/c1-16(2,3)14-8-4-12(5-9-14)10-18-11-15(17)13-6-7-13/h4-5,8-9,13,15,18H,6-7,10-11H2,1-3H3. The van der Waals surface area contributed by atoms with E-state index in [9.17, 15) is 0 Å². The zero-order valence-electron chi connectivity index (χ0n) is 11.7. The van der Waals surface area contributed by atoms with Crippen molar-refractivity contribution in [3.63, 3.8) is 0 Å². The third-order valence-electron chi connectivity index (χ3n) is 3.62. The minimum Gasteiger partial charge on any atom is -0.311 e. The summed E-state index contributed by atoms with van der Waals surface area (Å²) in [5.74, 6) is 0.766. The Labute approximate surface area is 116 Å². The van der Waals surface area contributed by atoms with Crippen LogP contribution in [0.1, 0.15) is 44.7 Å². The lowest BCUT2D eigenvalue weighted by Crippen LogP contribution is -2.24. The molecule has 18 heavy (non-hydrogen) atoms. The number of hydrogen-bond donors (Lipinski definition) is 1. The summed E-state index contributed by atoms with van der Waals surface area (Å²) in [5.41, 5.74) is 2.96. The van der Waals surface area contributed by atoms with Crippen LogP contribution in [0.25, 0.3) is 0 Å². The Morgan fingerprint density at radius 3 is 2.33 bits per heavy atom. The van der Waals surface area contributed by atoms with E-state index < -0.39 is 0 Å². The van der Waals surface area contributed by atoms with E-state index >= 15 is 0 Å². The van der Waals surface area contributed by atoms with Crippen LogP contribution in [-0.4, -0.2) is 11.9 Å². The minimum absolute atomic E-state index is 0.235. The van der Waals surface area contributed by atoms with Crippen molar-refractivity contribution in [3.05, 3.63) is 35.4 Å². The number of nitrogens with one attached hydrogen (secondary N) is 1. The van der Waals surface area contributed by atoms with Crippen LogP contribution in [0, 0.1) is 5.92 Å². The van der Waals surface area contributed by atoms with E-state index in [-0.39, 0.29) is 5.41 Å². The van der Waals surface area contributed by atoms with Gasteiger partial charge in [-0.15, -0.1) is 11.6 Å². The lowest BCUT2D eigenvalue weighted by Gasteiger charge is -2.19. The molecule has 1 N–H and O–H groups in total. The van der Waals surface area contributed by atoms with Crippen molar-refractivity contribution in [3.8, 4) is 0 Å².